The Morgan fingerprint density at radius 3 is 2.48 bits per heavy atom. The van der Waals surface area contributed by atoms with Crippen LogP contribution in [0.2, 0.25) is 0 Å². The summed E-state index contributed by atoms with van der Waals surface area (Å²) in [6.07, 6.45) is 3.51. The topological polar surface area (TPSA) is 80.8 Å². The Balaban J connectivity index is 1.47. The number of hydrogen-bond acceptors (Lipinski definition) is 6. The molecule has 2 aromatic carbocycles. The van der Waals surface area contributed by atoms with Gasteiger partial charge in [0.2, 0.25) is 5.91 Å². The third kappa shape index (κ3) is 7.38. The molecule has 0 bridgehead atoms. The summed E-state index contributed by atoms with van der Waals surface area (Å²) < 4.78 is 22.6. The van der Waals surface area contributed by atoms with Crippen molar-refractivity contribution in [1.29, 1.82) is 0 Å². The van der Waals surface area contributed by atoms with Gasteiger partial charge in [0.25, 0.3) is 0 Å². The van der Waals surface area contributed by atoms with Crippen LogP contribution in [-0.4, -0.2) is 82.0 Å². The first-order valence-corrected chi connectivity index (χ1v) is 14.3. The molecule has 0 aromatic heterocycles. The lowest BCUT2D eigenvalue weighted by molar-refractivity contribution is -0.134. The standard InChI is InChI=1S/C31H43N3O6/c1-5-6-7-14-40-29-19-26(10-11-27(29)37-3)34-21-23(2)20-33(31(34)36)22-25-9-8-24(17-28(25)38-4)18-30(35)32-12-15-39-16-13-32/h8-11,17,19,23H,5-7,12-16,18,20-22H2,1-4H3/t23-/m0/s1. The van der Waals surface area contributed by atoms with E-state index in [4.69, 9.17) is 18.9 Å². The molecule has 2 aliphatic heterocycles. The molecule has 0 N–H and O–H groups in total. The fourth-order valence-electron chi connectivity index (χ4n) is 5.24. The lowest BCUT2D eigenvalue weighted by atomic mass is 10.0. The van der Waals surface area contributed by atoms with Crippen LogP contribution in [0.25, 0.3) is 0 Å². The summed E-state index contributed by atoms with van der Waals surface area (Å²) in [5.41, 5.74) is 2.58. The summed E-state index contributed by atoms with van der Waals surface area (Å²) in [7, 11) is 3.25. The second kappa shape index (κ2) is 14.3. The van der Waals surface area contributed by atoms with Crippen LogP contribution >= 0.6 is 0 Å². The number of carbonyl (C=O) groups excluding carboxylic acids is 2. The van der Waals surface area contributed by atoms with E-state index in [-0.39, 0.29) is 17.9 Å². The Morgan fingerprint density at radius 1 is 0.975 bits per heavy atom. The predicted molar refractivity (Wildman–Crippen MR) is 154 cm³/mol. The van der Waals surface area contributed by atoms with Crippen molar-refractivity contribution in [3.63, 3.8) is 0 Å². The maximum atomic E-state index is 13.7. The van der Waals surface area contributed by atoms with E-state index in [0.29, 0.717) is 76.2 Å². The van der Waals surface area contributed by atoms with Crippen molar-refractivity contribution in [2.45, 2.75) is 46.1 Å². The van der Waals surface area contributed by atoms with Gasteiger partial charge in [0.15, 0.2) is 11.5 Å². The maximum Gasteiger partial charge on any atom is 0.324 e. The molecule has 2 heterocycles. The Hall–Kier alpha value is -3.46. The van der Waals surface area contributed by atoms with Gasteiger partial charge >= 0.3 is 6.03 Å². The number of amides is 3. The number of methoxy groups -OCH3 is 2. The first-order valence-electron chi connectivity index (χ1n) is 14.3. The van der Waals surface area contributed by atoms with Gasteiger partial charge in [-0.25, -0.2) is 4.79 Å². The highest BCUT2D eigenvalue weighted by molar-refractivity contribution is 5.93. The minimum absolute atomic E-state index is 0.0613. The van der Waals surface area contributed by atoms with Gasteiger partial charge in [-0.05, 0) is 36.1 Å². The molecular weight excluding hydrogens is 510 g/mol. The van der Waals surface area contributed by atoms with Gasteiger partial charge in [0, 0.05) is 43.5 Å². The molecule has 0 spiro atoms. The minimum Gasteiger partial charge on any atom is -0.496 e. The molecule has 3 amide bonds. The van der Waals surface area contributed by atoms with E-state index < -0.39 is 0 Å². The molecule has 9 nitrogen and oxygen atoms in total. The average Bonchev–Trinajstić information content (AvgIpc) is 2.98. The molecule has 2 saturated heterocycles. The van der Waals surface area contributed by atoms with E-state index in [0.717, 1.165) is 36.1 Å². The van der Waals surface area contributed by atoms with E-state index in [1.165, 1.54) is 0 Å². The second-order valence-electron chi connectivity index (χ2n) is 10.6. The average molecular weight is 554 g/mol. The molecule has 0 radical (unpaired) electrons. The van der Waals surface area contributed by atoms with Gasteiger partial charge in [-0.1, -0.05) is 38.8 Å². The van der Waals surface area contributed by atoms with Crippen LogP contribution in [0.5, 0.6) is 17.2 Å². The predicted octanol–water partition coefficient (Wildman–Crippen LogP) is 4.75. The highest BCUT2D eigenvalue weighted by Crippen LogP contribution is 2.34. The number of unbranched alkanes of at least 4 members (excludes halogenated alkanes) is 2. The van der Waals surface area contributed by atoms with Crippen molar-refractivity contribution in [2.24, 2.45) is 5.92 Å². The lowest BCUT2D eigenvalue weighted by Crippen LogP contribution is -2.52. The zero-order valence-corrected chi connectivity index (χ0v) is 24.3. The van der Waals surface area contributed by atoms with Crippen LogP contribution in [0.4, 0.5) is 10.5 Å². The minimum atomic E-state index is -0.0613. The van der Waals surface area contributed by atoms with Crippen molar-refractivity contribution in [2.75, 3.05) is 65.1 Å². The van der Waals surface area contributed by atoms with Gasteiger partial charge in [-0.3, -0.25) is 9.69 Å². The van der Waals surface area contributed by atoms with Crippen LogP contribution in [-0.2, 0) is 22.5 Å². The monoisotopic (exact) mass is 553 g/mol. The molecule has 2 fully saturated rings. The lowest BCUT2D eigenvalue weighted by Gasteiger charge is -2.39. The summed E-state index contributed by atoms with van der Waals surface area (Å²) in [6.45, 7) is 9.01. The highest BCUT2D eigenvalue weighted by atomic mass is 16.5. The zero-order valence-electron chi connectivity index (χ0n) is 24.3. The fourth-order valence-corrected chi connectivity index (χ4v) is 5.24. The number of carbonyl (C=O) groups is 2. The molecule has 9 heteroatoms. The second-order valence-corrected chi connectivity index (χ2v) is 10.6. The van der Waals surface area contributed by atoms with Gasteiger partial charge < -0.3 is 28.7 Å². The normalized spacial score (nSPS) is 17.6. The smallest absolute Gasteiger partial charge is 0.324 e. The molecule has 0 unspecified atom stereocenters. The van der Waals surface area contributed by atoms with Crippen molar-refractivity contribution < 1.29 is 28.5 Å². The number of morpholine rings is 1. The van der Waals surface area contributed by atoms with Crippen LogP contribution in [0.1, 0.15) is 44.2 Å². The van der Waals surface area contributed by atoms with E-state index in [9.17, 15) is 9.59 Å². The number of anilines is 1. The summed E-state index contributed by atoms with van der Waals surface area (Å²) in [6, 6.07) is 11.4. The number of benzene rings is 2. The van der Waals surface area contributed by atoms with Crippen molar-refractivity contribution in [3.8, 4) is 17.2 Å². The third-order valence-corrected chi connectivity index (χ3v) is 7.42. The van der Waals surface area contributed by atoms with Gasteiger partial charge in [-0.15, -0.1) is 0 Å². The van der Waals surface area contributed by atoms with E-state index in [1.807, 2.05) is 51.1 Å². The molecule has 4 rings (SSSR count). The molecule has 0 aliphatic carbocycles. The van der Waals surface area contributed by atoms with E-state index >= 15 is 0 Å². The largest absolute Gasteiger partial charge is 0.496 e. The first kappa shape index (κ1) is 29.5. The Morgan fingerprint density at radius 2 is 1.75 bits per heavy atom. The maximum absolute atomic E-state index is 13.7. The fraction of sp³-hybridized carbons (Fsp3) is 0.548. The summed E-state index contributed by atoms with van der Waals surface area (Å²) >= 11 is 0. The number of urea groups is 1. The van der Waals surface area contributed by atoms with Crippen LogP contribution < -0.4 is 19.1 Å². The van der Waals surface area contributed by atoms with Crippen molar-refractivity contribution >= 4 is 17.6 Å². The zero-order chi connectivity index (χ0) is 28.5. The number of rotatable bonds is 12. The van der Waals surface area contributed by atoms with E-state index in [2.05, 4.69) is 13.8 Å². The Kier molecular flexibility index (Phi) is 10.5. The molecule has 40 heavy (non-hydrogen) atoms. The van der Waals surface area contributed by atoms with E-state index in [1.54, 1.807) is 14.2 Å². The summed E-state index contributed by atoms with van der Waals surface area (Å²) in [5, 5.41) is 0. The number of ether oxygens (including phenoxy) is 4. The summed E-state index contributed by atoms with van der Waals surface area (Å²) in [5.74, 6) is 2.34. The first-order chi connectivity index (χ1) is 19.4. The SMILES string of the molecule is CCCCCOc1cc(N2C[C@@H](C)CN(Cc3ccc(CC(=O)N4CCOCC4)cc3OC)C2=O)ccc1OC. The quantitative estimate of drug-likeness (QED) is 0.353. The van der Waals surface area contributed by atoms with Crippen molar-refractivity contribution in [3.05, 3.63) is 47.5 Å². The Labute approximate surface area is 237 Å². The van der Waals surface area contributed by atoms with Gasteiger partial charge in [0.05, 0.1) is 47.0 Å². The highest BCUT2D eigenvalue weighted by Gasteiger charge is 2.32. The molecule has 1 atom stereocenters. The van der Waals surface area contributed by atoms with Crippen LogP contribution in [0.3, 0.4) is 0 Å². The molecule has 2 aliphatic rings. The molecule has 218 valence electrons. The van der Waals surface area contributed by atoms with Crippen molar-refractivity contribution in [1.82, 2.24) is 9.80 Å². The number of hydrogen-bond donors (Lipinski definition) is 0. The van der Waals surface area contributed by atoms with Crippen LogP contribution in [0.15, 0.2) is 36.4 Å². The Bertz CT molecular complexity index is 1150. The number of nitrogens with zero attached hydrogens (tertiary/aromatic N) is 3. The van der Waals surface area contributed by atoms with Gasteiger partial charge in [-0.2, -0.15) is 0 Å². The van der Waals surface area contributed by atoms with Gasteiger partial charge in [0.1, 0.15) is 5.75 Å². The molecule has 2 aromatic rings. The molecular formula is C31H43N3O6. The third-order valence-electron chi connectivity index (χ3n) is 7.42. The van der Waals surface area contributed by atoms with Crippen LogP contribution in [0, 0.1) is 5.92 Å². The summed E-state index contributed by atoms with van der Waals surface area (Å²) in [4.78, 5) is 31.9. The molecule has 0 saturated carbocycles.